The maximum absolute atomic E-state index is 13.0. The number of nitrogens with two attached hydrogens (primary N) is 1. The summed E-state index contributed by atoms with van der Waals surface area (Å²) in [5.41, 5.74) is 14.1. The van der Waals surface area contributed by atoms with Gasteiger partial charge < -0.3 is 20.1 Å². The first-order valence-corrected chi connectivity index (χ1v) is 17.7. The molecule has 0 spiro atoms. The average Bonchev–Trinajstić information content (AvgIpc) is 3.99. The molecule has 3 N–H and O–H groups in total. The van der Waals surface area contributed by atoms with Crippen LogP contribution < -0.4 is 11.1 Å². The van der Waals surface area contributed by atoms with E-state index in [2.05, 4.69) is 30.6 Å². The Kier molecular flexibility index (Phi) is 12.6. The molecule has 5 aromatic heterocycles. The van der Waals surface area contributed by atoms with Crippen molar-refractivity contribution in [2.75, 3.05) is 0 Å². The number of pyridine rings is 2. The number of aromatic nitrogens is 5. The monoisotopic (exact) mass is 711 g/mol. The lowest BCUT2D eigenvalue weighted by molar-refractivity contribution is -0.121. The molecule has 0 bridgehead atoms. The minimum atomic E-state index is -0.549. The van der Waals surface area contributed by atoms with Crippen LogP contribution in [0.1, 0.15) is 28.3 Å². The molecule has 52 heavy (non-hydrogen) atoms. The van der Waals surface area contributed by atoms with E-state index < -0.39 is 6.04 Å². The van der Waals surface area contributed by atoms with Crippen LogP contribution in [0.25, 0.3) is 22.5 Å². The highest BCUT2D eigenvalue weighted by atomic mass is 32.1. The van der Waals surface area contributed by atoms with Crippen LogP contribution in [-0.4, -0.2) is 48.9 Å². The first kappa shape index (κ1) is 35.9. The van der Waals surface area contributed by atoms with E-state index in [4.69, 9.17) is 14.8 Å². The lowest BCUT2D eigenvalue weighted by Crippen LogP contribution is -2.39. The number of carbonyl (C=O) groups is 2. The van der Waals surface area contributed by atoms with Gasteiger partial charge in [-0.15, -0.1) is 11.3 Å². The quantitative estimate of drug-likeness (QED) is 0.126. The summed E-state index contributed by atoms with van der Waals surface area (Å²) in [6, 6.07) is 29.8. The van der Waals surface area contributed by atoms with Crippen LogP contribution in [0.5, 0.6) is 0 Å². The lowest BCUT2D eigenvalue weighted by atomic mass is 9.99. The first-order valence-electron chi connectivity index (χ1n) is 16.7. The average molecular weight is 712 g/mol. The van der Waals surface area contributed by atoms with Crippen molar-refractivity contribution >= 4 is 22.9 Å². The lowest BCUT2D eigenvalue weighted by Gasteiger charge is -2.17. The minimum Gasteiger partial charge on any atom is -0.360 e. The Bertz CT molecular complexity index is 2110. The standard InChI is InChI=1S/C22H20N4O2S.C18H17N3O2/c27-22(12-19-11-20(26-28-19)17-6-8-23-9-7-17)21(10-16-4-2-1-3-5-16)24-13-18-14-29-15-25-18;19-16(10-13-4-2-1-3-5-13)18(22)12-15-11-17(21-23-15)14-6-8-20-9-7-14/h1-9,11,14-15,21,24H,10,12-13H2;1-9,11,16H,10,12,19H2/t21-;16-/m00/s1. The predicted molar refractivity (Wildman–Crippen MR) is 198 cm³/mol. The molecular formula is C40H37N7O4S. The fourth-order valence-electron chi connectivity index (χ4n) is 5.39. The van der Waals surface area contributed by atoms with Crippen molar-refractivity contribution in [1.82, 2.24) is 30.6 Å². The van der Waals surface area contributed by atoms with E-state index in [9.17, 15) is 9.59 Å². The predicted octanol–water partition coefficient (Wildman–Crippen LogP) is 6.12. The number of Topliss-reactive ketones (excluding diaryl/α,β-unsaturated/α-hetero) is 2. The summed E-state index contributed by atoms with van der Waals surface area (Å²) in [6.07, 6.45) is 8.22. The van der Waals surface area contributed by atoms with Crippen LogP contribution >= 0.6 is 11.3 Å². The minimum absolute atomic E-state index is 0.0570. The van der Waals surface area contributed by atoms with Gasteiger partial charge in [0.25, 0.3) is 0 Å². The Morgan fingerprint density at radius 1 is 0.692 bits per heavy atom. The molecule has 7 aromatic rings. The smallest absolute Gasteiger partial charge is 0.157 e. The van der Waals surface area contributed by atoms with Crippen LogP contribution in [0.2, 0.25) is 0 Å². The van der Waals surface area contributed by atoms with Crippen molar-refractivity contribution in [2.24, 2.45) is 5.73 Å². The summed E-state index contributed by atoms with van der Waals surface area (Å²) < 4.78 is 10.7. The number of carbonyl (C=O) groups excluding carboxylic acids is 2. The summed E-state index contributed by atoms with van der Waals surface area (Å²) in [4.78, 5) is 37.5. The van der Waals surface area contributed by atoms with Crippen molar-refractivity contribution < 1.29 is 18.6 Å². The van der Waals surface area contributed by atoms with Crippen LogP contribution in [0.4, 0.5) is 0 Å². The molecule has 262 valence electrons. The van der Waals surface area contributed by atoms with Gasteiger partial charge >= 0.3 is 0 Å². The number of hydrogen-bond donors (Lipinski definition) is 2. The maximum Gasteiger partial charge on any atom is 0.157 e. The molecule has 0 unspecified atom stereocenters. The van der Waals surface area contributed by atoms with Gasteiger partial charge in [0.15, 0.2) is 11.6 Å². The van der Waals surface area contributed by atoms with E-state index >= 15 is 0 Å². The molecule has 2 aromatic carbocycles. The highest BCUT2D eigenvalue weighted by Crippen LogP contribution is 2.20. The van der Waals surface area contributed by atoms with Gasteiger partial charge in [-0.3, -0.25) is 19.6 Å². The third kappa shape index (κ3) is 10.5. The second-order valence-electron chi connectivity index (χ2n) is 12.0. The fourth-order valence-corrected chi connectivity index (χ4v) is 5.95. The van der Waals surface area contributed by atoms with E-state index in [0.29, 0.717) is 42.3 Å². The number of rotatable bonds is 15. The molecule has 11 nitrogen and oxygen atoms in total. The Morgan fingerprint density at radius 3 is 1.73 bits per heavy atom. The second kappa shape index (κ2) is 18.3. The van der Waals surface area contributed by atoms with E-state index in [-0.39, 0.29) is 30.4 Å². The van der Waals surface area contributed by atoms with Crippen LogP contribution in [-0.2, 0) is 41.8 Å². The van der Waals surface area contributed by atoms with Crippen LogP contribution in [0, 0.1) is 0 Å². The van der Waals surface area contributed by atoms with Crippen molar-refractivity contribution in [3.63, 3.8) is 0 Å². The molecule has 7 rings (SSSR count). The van der Waals surface area contributed by atoms with Gasteiger partial charge in [-0.1, -0.05) is 71.0 Å². The molecule has 0 saturated heterocycles. The van der Waals surface area contributed by atoms with Gasteiger partial charge in [0.2, 0.25) is 0 Å². The number of ketones is 2. The zero-order valence-electron chi connectivity index (χ0n) is 28.2. The molecule has 0 aliphatic rings. The van der Waals surface area contributed by atoms with Gasteiger partial charge in [0, 0.05) is 60.0 Å². The number of thiazole rings is 1. The molecule has 2 atom stereocenters. The van der Waals surface area contributed by atoms with Gasteiger partial charge in [0.1, 0.15) is 22.9 Å². The number of nitrogens with one attached hydrogen (secondary N) is 1. The molecular weight excluding hydrogens is 675 g/mol. The summed E-state index contributed by atoms with van der Waals surface area (Å²) in [6.45, 7) is 0.547. The fraction of sp³-hybridized carbons (Fsp3) is 0.175. The van der Waals surface area contributed by atoms with Crippen molar-refractivity contribution in [3.8, 4) is 22.5 Å². The Labute approximate surface area is 305 Å². The highest BCUT2D eigenvalue weighted by Gasteiger charge is 2.22. The number of nitrogens with zero attached hydrogens (tertiary/aromatic N) is 5. The summed E-state index contributed by atoms with van der Waals surface area (Å²) >= 11 is 1.54. The SMILES string of the molecule is N[C@@H](Cc1ccccc1)C(=O)Cc1cc(-c2ccncc2)no1.O=C(Cc1cc(-c2ccncc2)no1)[C@H](Cc1ccccc1)NCc1cscn1. The summed E-state index contributed by atoms with van der Waals surface area (Å²) in [5, 5.41) is 13.4. The maximum atomic E-state index is 13.0. The van der Waals surface area contributed by atoms with E-state index in [0.717, 1.165) is 27.9 Å². The Hall–Kier alpha value is -5.95. The Morgan fingerprint density at radius 2 is 1.21 bits per heavy atom. The zero-order valence-corrected chi connectivity index (χ0v) is 29.1. The molecule has 0 amide bonds. The van der Waals surface area contributed by atoms with Gasteiger partial charge in [-0.05, 0) is 48.2 Å². The van der Waals surface area contributed by atoms with Gasteiger partial charge in [0.05, 0.1) is 36.1 Å². The molecule has 0 radical (unpaired) electrons. The van der Waals surface area contributed by atoms with Crippen molar-refractivity contribution in [1.29, 1.82) is 0 Å². The summed E-state index contributed by atoms with van der Waals surface area (Å²) in [7, 11) is 0. The van der Waals surface area contributed by atoms with Gasteiger partial charge in [-0.2, -0.15) is 0 Å². The van der Waals surface area contributed by atoms with E-state index in [1.165, 1.54) is 0 Å². The normalized spacial score (nSPS) is 12.0. The molecule has 0 saturated carbocycles. The molecule has 0 aliphatic heterocycles. The van der Waals surface area contributed by atoms with Crippen molar-refractivity contribution in [2.45, 2.75) is 44.3 Å². The highest BCUT2D eigenvalue weighted by molar-refractivity contribution is 7.07. The second-order valence-corrected chi connectivity index (χ2v) is 12.7. The molecule has 5 heterocycles. The molecule has 12 heteroatoms. The molecule has 0 fully saturated rings. The summed E-state index contributed by atoms with van der Waals surface area (Å²) in [5.74, 6) is 1.06. The van der Waals surface area contributed by atoms with E-state index in [1.807, 2.05) is 96.4 Å². The third-order valence-corrected chi connectivity index (χ3v) is 8.80. The van der Waals surface area contributed by atoms with Gasteiger partial charge in [-0.25, -0.2) is 4.98 Å². The topological polar surface area (TPSA) is 163 Å². The third-order valence-electron chi connectivity index (χ3n) is 8.16. The Balaban J connectivity index is 0.000000183. The number of hydrogen-bond acceptors (Lipinski definition) is 12. The molecule has 0 aliphatic carbocycles. The largest absolute Gasteiger partial charge is 0.360 e. The van der Waals surface area contributed by atoms with Crippen LogP contribution in [0.3, 0.4) is 0 Å². The first-order chi connectivity index (χ1) is 25.5. The van der Waals surface area contributed by atoms with Crippen LogP contribution in [0.15, 0.2) is 142 Å². The number of benzene rings is 2. The van der Waals surface area contributed by atoms with E-state index in [1.54, 1.807) is 47.7 Å². The zero-order chi connectivity index (χ0) is 36.0. The van der Waals surface area contributed by atoms with Crippen molar-refractivity contribution in [3.05, 3.63) is 161 Å².